The van der Waals surface area contributed by atoms with Gasteiger partial charge in [-0.25, -0.2) is 15.0 Å². The molecule has 0 fully saturated rings. The Morgan fingerprint density at radius 1 is 0.828 bits per heavy atom. The van der Waals surface area contributed by atoms with Gasteiger partial charge in [-0.2, -0.15) is 13.2 Å². The lowest BCUT2D eigenvalue weighted by Crippen LogP contribution is -2.07. The summed E-state index contributed by atoms with van der Waals surface area (Å²) >= 11 is 0. The van der Waals surface area contributed by atoms with Crippen LogP contribution in [0.2, 0.25) is 0 Å². The van der Waals surface area contributed by atoms with Crippen LogP contribution in [0.4, 0.5) is 13.2 Å². The minimum Gasteiger partial charge on any atom is -0.236 e. The molecule has 0 atom stereocenters. The molecule has 0 radical (unpaired) electrons. The van der Waals surface area contributed by atoms with Crippen LogP contribution in [0, 0.1) is 18.8 Å². The van der Waals surface area contributed by atoms with Gasteiger partial charge in [-0.3, -0.25) is 0 Å². The average molecular weight is 389 g/mol. The zero-order valence-corrected chi connectivity index (χ0v) is 15.3. The van der Waals surface area contributed by atoms with Crippen molar-refractivity contribution in [3.8, 4) is 23.4 Å². The molecule has 6 heteroatoms. The molecule has 29 heavy (non-hydrogen) atoms. The second kappa shape index (κ2) is 7.36. The lowest BCUT2D eigenvalue weighted by atomic mass is 10.1. The number of aryl methyl sites for hydroxylation is 1. The normalized spacial score (nSPS) is 11.2. The Kier molecular flexibility index (Phi) is 4.73. The van der Waals surface area contributed by atoms with Crippen LogP contribution in [0.3, 0.4) is 0 Å². The zero-order valence-electron chi connectivity index (χ0n) is 15.3. The van der Waals surface area contributed by atoms with Gasteiger partial charge in [-0.15, -0.1) is 0 Å². The number of hydrogen-bond acceptors (Lipinski definition) is 3. The van der Waals surface area contributed by atoms with Crippen molar-refractivity contribution in [3.63, 3.8) is 0 Å². The molecule has 2 aromatic carbocycles. The van der Waals surface area contributed by atoms with Gasteiger partial charge in [-0.05, 0) is 42.7 Å². The van der Waals surface area contributed by atoms with Crippen molar-refractivity contribution in [2.75, 3.05) is 0 Å². The van der Waals surface area contributed by atoms with Crippen molar-refractivity contribution in [1.29, 1.82) is 0 Å². The Labute approximate surface area is 165 Å². The number of pyridine rings is 1. The summed E-state index contributed by atoms with van der Waals surface area (Å²) in [7, 11) is 0. The number of hydrogen-bond donors (Lipinski definition) is 0. The Morgan fingerprint density at radius 2 is 1.59 bits per heavy atom. The van der Waals surface area contributed by atoms with E-state index in [0.717, 1.165) is 22.5 Å². The number of rotatable bonds is 1. The summed E-state index contributed by atoms with van der Waals surface area (Å²) in [5, 5.41) is 0.909. The Balaban J connectivity index is 1.75. The number of nitrogens with zero attached hydrogens (tertiary/aromatic N) is 3. The van der Waals surface area contributed by atoms with Crippen molar-refractivity contribution in [2.24, 2.45) is 0 Å². The van der Waals surface area contributed by atoms with E-state index in [-0.39, 0.29) is 5.56 Å². The van der Waals surface area contributed by atoms with E-state index >= 15 is 0 Å². The van der Waals surface area contributed by atoms with Gasteiger partial charge >= 0.3 is 6.18 Å². The van der Waals surface area contributed by atoms with E-state index < -0.39 is 11.7 Å². The molecule has 0 saturated carbocycles. The highest BCUT2D eigenvalue weighted by atomic mass is 19.4. The van der Waals surface area contributed by atoms with E-state index in [1.54, 1.807) is 25.3 Å². The van der Waals surface area contributed by atoms with Gasteiger partial charge in [0, 0.05) is 17.1 Å². The number of alkyl halides is 3. The molecular weight excluding hydrogens is 375 g/mol. The minimum absolute atomic E-state index is 0.0893. The van der Waals surface area contributed by atoms with E-state index in [4.69, 9.17) is 0 Å². The molecule has 142 valence electrons. The van der Waals surface area contributed by atoms with Crippen LogP contribution < -0.4 is 0 Å². The SMILES string of the molecule is Cc1ccc(-c2ncc3ccccc3n2)nc1C#Cc1ccccc1C(F)(F)F. The molecule has 0 aliphatic carbocycles. The van der Waals surface area contributed by atoms with Gasteiger partial charge in [0.1, 0.15) is 11.4 Å². The summed E-state index contributed by atoms with van der Waals surface area (Å²) in [6, 6.07) is 16.4. The molecule has 3 nitrogen and oxygen atoms in total. The molecule has 0 N–H and O–H groups in total. The van der Waals surface area contributed by atoms with Gasteiger partial charge in [0.2, 0.25) is 0 Å². The van der Waals surface area contributed by atoms with Gasteiger partial charge in [0.25, 0.3) is 0 Å². The first-order valence-corrected chi connectivity index (χ1v) is 8.80. The third kappa shape index (κ3) is 3.94. The second-order valence-corrected chi connectivity index (χ2v) is 6.41. The Hall–Kier alpha value is -3.72. The maximum absolute atomic E-state index is 13.2. The smallest absolute Gasteiger partial charge is 0.236 e. The molecule has 2 aromatic heterocycles. The van der Waals surface area contributed by atoms with E-state index in [1.165, 1.54) is 18.2 Å². The number of aromatic nitrogens is 3. The largest absolute Gasteiger partial charge is 0.417 e. The summed E-state index contributed by atoms with van der Waals surface area (Å²) in [4.78, 5) is 13.3. The average Bonchev–Trinajstić information content (AvgIpc) is 2.72. The fourth-order valence-corrected chi connectivity index (χ4v) is 2.84. The lowest BCUT2D eigenvalue weighted by molar-refractivity contribution is -0.137. The maximum atomic E-state index is 13.2. The number of fused-ring (bicyclic) bond motifs is 1. The van der Waals surface area contributed by atoms with Crippen LogP contribution in [0.15, 0.2) is 66.9 Å². The van der Waals surface area contributed by atoms with Crippen molar-refractivity contribution >= 4 is 10.9 Å². The first-order valence-electron chi connectivity index (χ1n) is 8.80. The van der Waals surface area contributed by atoms with Crippen molar-refractivity contribution in [2.45, 2.75) is 13.1 Å². The predicted molar refractivity (Wildman–Crippen MR) is 105 cm³/mol. The van der Waals surface area contributed by atoms with Crippen LogP contribution in [0.25, 0.3) is 22.4 Å². The van der Waals surface area contributed by atoms with Gasteiger partial charge in [0.05, 0.1) is 11.1 Å². The summed E-state index contributed by atoms with van der Waals surface area (Å²) in [5.41, 5.74) is 1.58. The molecule has 0 aliphatic rings. The summed E-state index contributed by atoms with van der Waals surface area (Å²) in [6.07, 6.45) is -2.75. The van der Waals surface area contributed by atoms with Crippen LogP contribution in [0.1, 0.15) is 22.4 Å². The molecule has 0 aliphatic heterocycles. The van der Waals surface area contributed by atoms with Gasteiger partial charge < -0.3 is 0 Å². The maximum Gasteiger partial charge on any atom is 0.417 e. The van der Waals surface area contributed by atoms with Crippen molar-refractivity contribution in [3.05, 3.63) is 89.2 Å². The van der Waals surface area contributed by atoms with Crippen LogP contribution in [-0.4, -0.2) is 15.0 Å². The van der Waals surface area contributed by atoms with E-state index in [1.807, 2.05) is 24.3 Å². The van der Waals surface area contributed by atoms with E-state index in [0.29, 0.717) is 17.2 Å². The second-order valence-electron chi connectivity index (χ2n) is 6.41. The summed E-state index contributed by atoms with van der Waals surface area (Å²) in [5.74, 6) is 5.82. The third-order valence-corrected chi connectivity index (χ3v) is 4.36. The summed E-state index contributed by atoms with van der Waals surface area (Å²) < 4.78 is 39.5. The highest BCUT2D eigenvalue weighted by Gasteiger charge is 2.32. The van der Waals surface area contributed by atoms with Crippen LogP contribution in [-0.2, 0) is 6.18 Å². The first kappa shape index (κ1) is 18.6. The van der Waals surface area contributed by atoms with Gasteiger partial charge in [0.15, 0.2) is 5.82 Å². The molecular formula is C23H14F3N3. The zero-order chi connectivity index (χ0) is 20.4. The van der Waals surface area contributed by atoms with Crippen molar-refractivity contribution in [1.82, 2.24) is 15.0 Å². The van der Waals surface area contributed by atoms with E-state index in [9.17, 15) is 13.2 Å². The summed E-state index contributed by atoms with van der Waals surface area (Å²) in [6.45, 7) is 1.80. The monoisotopic (exact) mass is 389 g/mol. The molecule has 0 unspecified atom stereocenters. The fraction of sp³-hybridized carbons (Fsp3) is 0.0870. The first-order chi connectivity index (χ1) is 13.9. The molecule has 4 rings (SSSR count). The molecule has 2 heterocycles. The Bertz CT molecular complexity index is 1270. The molecule has 0 bridgehead atoms. The fourth-order valence-electron chi connectivity index (χ4n) is 2.84. The lowest BCUT2D eigenvalue weighted by Gasteiger charge is -2.08. The molecule has 4 aromatic rings. The predicted octanol–water partition coefficient (Wildman–Crippen LogP) is 5.42. The quantitative estimate of drug-likeness (QED) is 0.408. The molecule has 0 saturated heterocycles. The van der Waals surface area contributed by atoms with E-state index in [2.05, 4.69) is 26.8 Å². The highest BCUT2D eigenvalue weighted by molar-refractivity contribution is 5.79. The minimum atomic E-state index is -4.46. The van der Waals surface area contributed by atoms with Gasteiger partial charge in [-0.1, -0.05) is 42.3 Å². The Morgan fingerprint density at radius 3 is 2.41 bits per heavy atom. The number of halogens is 3. The highest BCUT2D eigenvalue weighted by Crippen LogP contribution is 2.31. The van der Waals surface area contributed by atoms with Crippen LogP contribution in [0.5, 0.6) is 0 Å². The molecule has 0 spiro atoms. The number of para-hydroxylation sites is 1. The molecule has 0 amide bonds. The standard InChI is InChI=1S/C23H14F3N3/c1-15-10-12-21(22-27-14-17-7-3-5-9-20(17)29-22)28-19(15)13-11-16-6-2-4-8-18(16)23(24,25)26/h2-10,12,14H,1H3. The number of benzene rings is 2. The van der Waals surface area contributed by atoms with Crippen LogP contribution >= 0.6 is 0 Å². The van der Waals surface area contributed by atoms with Crippen molar-refractivity contribution < 1.29 is 13.2 Å². The topological polar surface area (TPSA) is 38.7 Å². The third-order valence-electron chi connectivity index (χ3n) is 4.36.